The van der Waals surface area contributed by atoms with Crippen LogP contribution in [0.1, 0.15) is 30.5 Å². The third-order valence-corrected chi connectivity index (χ3v) is 3.49. The van der Waals surface area contributed by atoms with E-state index in [1.807, 2.05) is 68.4 Å². The Morgan fingerprint density at radius 3 is 2.25 bits per heavy atom. The van der Waals surface area contributed by atoms with Crippen LogP contribution in [0.2, 0.25) is 0 Å². The van der Waals surface area contributed by atoms with Gasteiger partial charge in [-0.05, 0) is 31.1 Å². The number of nitrogens with zero attached hydrogens (tertiary/aromatic N) is 2. The minimum absolute atomic E-state index is 0.391. The van der Waals surface area contributed by atoms with Gasteiger partial charge in [0.1, 0.15) is 0 Å². The third-order valence-electron chi connectivity index (χ3n) is 3.49. The minimum atomic E-state index is -0.391. The number of carbonyl (C=O) groups is 1. The predicted molar refractivity (Wildman–Crippen MR) is 98.4 cm³/mol. The second kappa shape index (κ2) is 8.58. The number of hydrogen-bond acceptors (Lipinski definition) is 4. The van der Waals surface area contributed by atoms with Crippen molar-refractivity contribution in [3.63, 3.8) is 0 Å². The van der Waals surface area contributed by atoms with Crippen molar-refractivity contribution >= 4 is 23.5 Å². The molecule has 0 aliphatic rings. The highest BCUT2D eigenvalue weighted by molar-refractivity contribution is 6.04. The fourth-order valence-corrected chi connectivity index (χ4v) is 2.14. The van der Waals surface area contributed by atoms with E-state index >= 15 is 0 Å². The van der Waals surface area contributed by atoms with Gasteiger partial charge in [0, 0.05) is 11.6 Å². The minimum Gasteiger partial charge on any atom is -0.466 e. The molecule has 0 N–H and O–H groups in total. The number of hydrogen-bond donors (Lipinski definition) is 0. The zero-order valence-corrected chi connectivity index (χ0v) is 14.1. The average Bonchev–Trinajstić information content (AvgIpc) is 2.64. The summed E-state index contributed by atoms with van der Waals surface area (Å²) in [5, 5.41) is 8.65. The van der Waals surface area contributed by atoms with Crippen molar-refractivity contribution in [1.29, 1.82) is 0 Å². The molecule has 0 fully saturated rings. The lowest BCUT2D eigenvalue weighted by atomic mass is 10.0. The van der Waals surface area contributed by atoms with Crippen molar-refractivity contribution in [2.45, 2.75) is 13.8 Å². The maximum atomic E-state index is 11.3. The van der Waals surface area contributed by atoms with Crippen LogP contribution in [0.15, 0.2) is 70.9 Å². The molecule has 0 aliphatic heterocycles. The zero-order valence-electron chi connectivity index (χ0n) is 14.1. The van der Waals surface area contributed by atoms with Gasteiger partial charge in [-0.25, -0.2) is 4.79 Å². The van der Waals surface area contributed by atoms with E-state index in [9.17, 15) is 4.79 Å². The number of esters is 1. The van der Waals surface area contributed by atoms with Gasteiger partial charge >= 0.3 is 5.97 Å². The molecule has 0 aliphatic carbocycles. The molecule has 122 valence electrons. The van der Waals surface area contributed by atoms with Crippen LogP contribution in [0.25, 0.3) is 6.08 Å². The highest BCUT2D eigenvalue weighted by Crippen LogP contribution is 2.13. The Morgan fingerprint density at radius 1 is 0.917 bits per heavy atom. The molecular formula is C20H20N2O2. The fraction of sp³-hybridized carbons (Fsp3) is 0.150. The first-order valence-electron chi connectivity index (χ1n) is 7.61. The second-order valence-corrected chi connectivity index (χ2v) is 5.18. The first-order chi connectivity index (χ1) is 11.6. The molecule has 4 nitrogen and oxygen atoms in total. The smallest absolute Gasteiger partial charge is 0.330 e. The summed E-state index contributed by atoms with van der Waals surface area (Å²) >= 11 is 0. The summed E-state index contributed by atoms with van der Waals surface area (Å²) in [5.41, 5.74) is 4.46. The Balaban J connectivity index is 2.28. The first-order valence-corrected chi connectivity index (χ1v) is 7.61. The lowest BCUT2D eigenvalue weighted by Crippen LogP contribution is -2.00. The molecule has 0 amide bonds. The van der Waals surface area contributed by atoms with Gasteiger partial charge in [-0.15, -0.1) is 0 Å². The van der Waals surface area contributed by atoms with Gasteiger partial charge in [0.2, 0.25) is 0 Å². The van der Waals surface area contributed by atoms with Gasteiger partial charge in [0.25, 0.3) is 0 Å². The maximum absolute atomic E-state index is 11.3. The van der Waals surface area contributed by atoms with Crippen LogP contribution >= 0.6 is 0 Å². The predicted octanol–water partition coefficient (Wildman–Crippen LogP) is 4.11. The van der Waals surface area contributed by atoms with Crippen molar-refractivity contribution in [2.75, 3.05) is 7.11 Å². The van der Waals surface area contributed by atoms with Crippen LogP contribution in [0.3, 0.4) is 0 Å². The molecule has 0 unspecified atom stereocenters. The highest BCUT2D eigenvalue weighted by atomic mass is 16.5. The molecule has 0 saturated heterocycles. The normalized spacial score (nSPS) is 12.5. The molecule has 2 rings (SSSR count). The van der Waals surface area contributed by atoms with E-state index in [1.54, 1.807) is 6.08 Å². The average molecular weight is 320 g/mol. The molecule has 0 radical (unpaired) electrons. The second-order valence-electron chi connectivity index (χ2n) is 5.18. The Hall–Kier alpha value is -3.01. The lowest BCUT2D eigenvalue weighted by molar-refractivity contribution is -0.134. The highest BCUT2D eigenvalue weighted by Gasteiger charge is 2.03. The summed E-state index contributed by atoms with van der Waals surface area (Å²) < 4.78 is 4.62. The lowest BCUT2D eigenvalue weighted by Gasteiger charge is -2.04. The Bertz CT molecular complexity index is 790. The van der Waals surface area contributed by atoms with E-state index < -0.39 is 5.97 Å². The number of benzene rings is 2. The molecule has 4 heteroatoms. The van der Waals surface area contributed by atoms with Crippen LogP contribution in [0, 0.1) is 0 Å². The van der Waals surface area contributed by atoms with Gasteiger partial charge in [0.15, 0.2) is 0 Å². The van der Waals surface area contributed by atoms with Crippen LogP contribution in [-0.4, -0.2) is 24.5 Å². The monoisotopic (exact) mass is 320 g/mol. The molecule has 24 heavy (non-hydrogen) atoms. The van der Waals surface area contributed by atoms with Gasteiger partial charge in [0.05, 0.1) is 18.5 Å². The number of carbonyl (C=O) groups excluding carboxylic acids is 1. The van der Waals surface area contributed by atoms with Crippen molar-refractivity contribution in [2.24, 2.45) is 10.2 Å². The van der Waals surface area contributed by atoms with E-state index in [4.69, 9.17) is 0 Å². The van der Waals surface area contributed by atoms with E-state index in [0.29, 0.717) is 0 Å². The van der Waals surface area contributed by atoms with E-state index in [-0.39, 0.29) is 0 Å². The molecule has 0 saturated carbocycles. The summed E-state index contributed by atoms with van der Waals surface area (Å²) in [6.07, 6.45) is 3.11. The molecule has 0 heterocycles. The molecule has 2 aromatic rings. The third kappa shape index (κ3) is 4.74. The van der Waals surface area contributed by atoms with Crippen LogP contribution in [-0.2, 0) is 9.53 Å². The van der Waals surface area contributed by atoms with Gasteiger partial charge in [-0.1, -0.05) is 54.6 Å². The standard InChI is InChI=1S/C20H20N2O2/c1-15(17-9-5-4-6-10-17)21-22-16(2)19-12-8-7-11-18(19)13-14-20(23)24-3/h4-14H,1-3H3/b14-13+,21-15+,22-16+. The van der Waals surface area contributed by atoms with Crippen molar-refractivity contribution < 1.29 is 9.53 Å². The van der Waals surface area contributed by atoms with Gasteiger partial charge in [-0.3, -0.25) is 0 Å². The molecule has 0 bridgehead atoms. The first kappa shape index (κ1) is 17.3. The molecule has 0 atom stereocenters. The summed E-state index contributed by atoms with van der Waals surface area (Å²) in [6, 6.07) is 17.6. The SMILES string of the molecule is COC(=O)/C=C/c1ccccc1/C(C)=N/N=C(\C)c1ccccc1. The van der Waals surface area contributed by atoms with E-state index in [1.165, 1.54) is 13.2 Å². The Labute approximate surface area is 142 Å². The summed E-state index contributed by atoms with van der Waals surface area (Å²) in [7, 11) is 1.35. The van der Waals surface area contributed by atoms with Crippen molar-refractivity contribution in [3.8, 4) is 0 Å². The van der Waals surface area contributed by atoms with Crippen molar-refractivity contribution in [1.82, 2.24) is 0 Å². The molecule has 0 aromatic heterocycles. The van der Waals surface area contributed by atoms with Gasteiger partial charge < -0.3 is 4.74 Å². The molecular weight excluding hydrogens is 300 g/mol. The quantitative estimate of drug-likeness (QED) is 0.360. The number of methoxy groups -OCH3 is 1. The van der Waals surface area contributed by atoms with E-state index in [0.717, 1.165) is 28.1 Å². The van der Waals surface area contributed by atoms with E-state index in [2.05, 4.69) is 14.9 Å². The number of rotatable bonds is 5. The number of ether oxygens (including phenoxy) is 1. The Kier molecular flexibility index (Phi) is 6.20. The van der Waals surface area contributed by atoms with Crippen LogP contribution in [0.4, 0.5) is 0 Å². The summed E-state index contributed by atoms with van der Waals surface area (Å²) in [5.74, 6) is -0.391. The van der Waals surface area contributed by atoms with Crippen molar-refractivity contribution in [3.05, 3.63) is 77.4 Å². The van der Waals surface area contributed by atoms with Crippen LogP contribution in [0.5, 0.6) is 0 Å². The maximum Gasteiger partial charge on any atom is 0.330 e. The van der Waals surface area contributed by atoms with Crippen LogP contribution < -0.4 is 0 Å². The zero-order chi connectivity index (χ0) is 17.4. The Morgan fingerprint density at radius 2 is 1.54 bits per heavy atom. The fourth-order valence-electron chi connectivity index (χ4n) is 2.14. The largest absolute Gasteiger partial charge is 0.466 e. The summed E-state index contributed by atoms with van der Waals surface area (Å²) in [6.45, 7) is 3.82. The molecule has 0 spiro atoms. The van der Waals surface area contributed by atoms with Gasteiger partial charge in [-0.2, -0.15) is 10.2 Å². The topological polar surface area (TPSA) is 51.0 Å². The summed E-state index contributed by atoms with van der Waals surface area (Å²) in [4.78, 5) is 11.3. The molecule has 2 aromatic carbocycles.